The van der Waals surface area contributed by atoms with Gasteiger partial charge in [0.15, 0.2) is 5.82 Å². The number of nitrogens with one attached hydrogen (secondary N) is 1. The van der Waals surface area contributed by atoms with Crippen LogP contribution in [-0.4, -0.2) is 27.3 Å². The number of hydrogen-bond donors (Lipinski definition) is 2. The minimum Gasteiger partial charge on any atom is -0.496 e. The van der Waals surface area contributed by atoms with E-state index in [1.54, 1.807) is 18.3 Å². The number of nitrogens with zero attached hydrogens (tertiary/aromatic N) is 3. The highest BCUT2D eigenvalue weighted by Gasteiger charge is 2.17. The van der Waals surface area contributed by atoms with Crippen LogP contribution in [0, 0.1) is 5.82 Å². The SMILES string of the molecule is COc1cccc(F)c1-c1ncc2[nH]nc(-c3ccc(CN)cc3)c2n1. The summed E-state index contributed by atoms with van der Waals surface area (Å²) in [4.78, 5) is 8.81. The summed E-state index contributed by atoms with van der Waals surface area (Å²) in [6.07, 6.45) is 1.59. The Hall–Kier alpha value is -3.32. The van der Waals surface area contributed by atoms with E-state index in [-0.39, 0.29) is 11.4 Å². The van der Waals surface area contributed by atoms with Gasteiger partial charge in [0.2, 0.25) is 0 Å². The van der Waals surface area contributed by atoms with Crippen LogP contribution in [0.4, 0.5) is 4.39 Å². The van der Waals surface area contributed by atoms with Crippen molar-refractivity contribution in [3.8, 4) is 28.4 Å². The van der Waals surface area contributed by atoms with E-state index in [1.165, 1.54) is 13.2 Å². The van der Waals surface area contributed by atoms with Gasteiger partial charge in [0, 0.05) is 12.1 Å². The lowest BCUT2D eigenvalue weighted by atomic mass is 10.1. The quantitative estimate of drug-likeness (QED) is 0.590. The van der Waals surface area contributed by atoms with Crippen LogP contribution in [0.25, 0.3) is 33.7 Å². The molecule has 3 N–H and O–H groups in total. The van der Waals surface area contributed by atoms with Crippen LogP contribution < -0.4 is 10.5 Å². The summed E-state index contributed by atoms with van der Waals surface area (Å²) in [5, 5.41) is 7.25. The number of hydrogen-bond acceptors (Lipinski definition) is 5. The maximum absolute atomic E-state index is 14.4. The normalized spacial score (nSPS) is 11.0. The number of nitrogens with two attached hydrogens (primary N) is 1. The van der Waals surface area contributed by atoms with Gasteiger partial charge in [-0.3, -0.25) is 5.10 Å². The molecule has 26 heavy (non-hydrogen) atoms. The molecule has 0 atom stereocenters. The van der Waals surface area contributed by atoms with Gasteiger partial charge in [-0.2, -0.15) is 5.10 Å². The molecular formula is C19H16FN5O. The first kappa shape index (κ1) is 16.2. The predicted octanol–water partition coefficient (Wildman–Crippen LogP) is 3.29. The molecule has 0 spiro atoms. The first-order valence-corrected chi connectivity index (χ1v) is 8.04. The number of rotatable bonds is 4. The van der Waals surface area contributed by atoms with E-state index in [2.05, 4.69) is 20.2 Å². The van der Waals surface area contributed by atoms with Crippen LogP contribution in [0.5, 0.6) is 5.75 Å². The number of H-pyrrole nitrogens is 1. The van der Waals surface area contributed by atoms with Crippen LogP contribution in [0.1, 0.15) is 5.56 Å². The van der Waals surface area contributed by atoms with Crippen LogP contribution in [0.15, 0.2) is 48.7 Å². The van der Waals surface area contributed by atoms with Gasteiger partial charge in [-0.1, -0.05) is 30.3 Å². The molecule has 0 bridgehead atoms. The molecule has 2 aromatic carbocycles. The van der Waals surface area contributed by atoms with Gasteiger partial charge < -0.3 is 10.5 Å². The summed E-state index contributed by atoms with van der Waals surface area (Å²) in [7, 11) is 1.49. The van der Waals surface area contributed by atoms with Crippen molar-refractivity contribution < 1.29 is 9.13 Å². The number of fused-ring (bicyclic) bond motifs is 1. The van der Waals surface area contributed by atoms with Gasteiger partial charge in [0.25, 0.3) is 0 Å². The zero-order valence-corrected chi connectivity index (χ0v) is 14.0. The molecule has 0 aliphatic heterocycles. The molecule has 4 aromatic rings. The first-order chi connectivity index (χ1) is 12.7. The Morgan fingerprint density at radius 1 is 1.15 bits per heavy atom. The summed E-state index contributed by atoms with van der Waals surface area (Å²) in [5.74, 6) is 0.177. The van der Waals surface area contributed by atoms with Crippen molar-refractivity contribution in [1.29, 1.82) is 0 Å². The van der Waals surface area contributed by atoms with Gasteiger partial charge in [0.05, 0.1) is 18.9 Å². The second-order valence-corrected chi connectivity index (χ2v) is 5.75. The van der Waals surface area contributed by atoms with E-state index in [0.29, 0.717) is 29.0 Å². The van der Waals surface area contributed by atoms with E-state index in [9.17, 15) is 4.39 Å². The molecule has 2 aromatic heterocycles. The van der Waals surface area contributed by atoms with Gasteiger partial charge in [-0.05, 0) is 17.7 Å². The number of aromatic nitrogens is 4. The second-order valence-electron chi connectivity index (χ2n) is 5.75. The summed E-state index contributed by atoms with van der Waals surface area (Å²) in [5.41, 5.74) is 9.73. The Kier molecular flexibility index (Phi) is 4.06. The van der Waals surface area contributed by atoms with E-state index < -0.39 is 5.82 Å². The summed E-state index contributed by atoms with van der Waals surface area (Å²) in [6, 6.07) is 12.4. The van der Waals surface area contributed by atoms with E-state index in [0.717, 1.165) is 11.1 Å². The van der Waals surface area contributed by atoms with Crippen molar-refractivity contribution in [3.63, 3.8) is 0 Å². The third-order valence-electron chi connectivity index (χ3n) is 4.18. The zero-order chi connectivity index (χ0) is 18.1. The Balaban J connectivity index is 1.88. The predicted molar refractivity (Wildman–Crippen MR) is 97.0 cm³/mol. The number of halogens is 1. The van der Waals surface area contributed by atoms with Crippen molar-refractivity contribution in [1.82, 2.24) is 20.2 Å². The molecule has 6 nitrogen and oxygen atoms in total. The highest BCUT2D eigenvalue weighted by molar-refractivity contribution is 5.90. The van der Waals surface area contributed by atoms with Crippen molar-refractivity contribution in [2.75, 3.05) is 7.11 Å². The highest BCUT2D eigenvalue weighted by Crippen LogP contribution is 2.32. The van der Waals surface area contributed by atoms with Crippen LogP contribution in [0.3, 0.4) is 0 Å². The van der Waals surface area contributed by atoms with E-state index >= 15 is 0 Å². The first-order valence-electron chi connectivity index (χ1n) is 8.04. The number of benzene rings is 2. The molecule has 0 saturated carbocycles. The molecule has 0 fully saturated rings. The zero-order valence-electron chi connectivity index (χ0n) is 14.0. The van der Waals surface area contributed by atoms with Crippen molar-refractivity contribution in [3.05, 3.63) is 60.0 Å². The van der Waals surface area contributed by atoms with Crippen LogP contribution in [0.2, 0.25) is 0 Å². The van der Waals surface area contributed by atoms with Crippen LogP contribution in [-0.2, 0) is 6.54 Å². The van der Waals surface area contributed by atoms with Gasteiger partial charge in [-0.25, -0.2) is 14.4 Å². The average Bonchev–Trinajstić information content (AvgIpc) is 3.11. The highest BCUT2D eigenvalue weighted by atomic mass is 19.1. The molecule has 0 unspecified atom stereocenters. The number of ether oxygens (including phenoxy) is 1. The summed E-state index contributed by atoms with van der Waals surface area (Å²) < 4.78 is 19.6. The molecule has 2 heterocycles. The lowest BCUT2D eigenvalue weighted by Crippen LogP contribution is -1.97. The summed E-state index contributed by atoms with van der Waals surface area (Å²) in [6.45, 7) is 0.473. The minimum atomic E-state index is -0.443. The van der Waals surface area contributed by atoms with Crippen molar-refractivity contribution in [2.24, 2.45) is 5.73 Å². The smallest absolute Gasteiger partial charge is 0.166 e. The molecule has 0 aliphatic carbocycles. The van der Waals surface area contributed by atoms with Gasteiger partial charge >= 0.3 is 0 Å². The molecule has 0 aliphatic rings. The monoisotopic (exact) mass is 349 g/mol. The number of methoxy groups -OCH3 is 1. The Bertz CT molecular complexity index is 1080. The third kappa shape index (κ3) is 2.68. The fourth-order valence-corrected chi connectivity index (χ4v) is 2.83. The fraction of sp³-hybridized carbons (Fsp3) is 0.105. The standard InChI is InChI=1S/C19H16FN5O/c1-26-15-4-2-3-13(20)16(15)19-22-10-14-18(23-19)17(25-24-14)12-7-5-11(9-21)6-8-12/h2-8,10H,9,21H2,1H3,(H,24,25). The van der Waals surface area contributed by atoms with Gasteiger partial charge in [-0.15, -0.1) is 0 Å². The van der Waals surface area contributed by atoms with Crippen LogP contribution >= 0.6 is 0 Å². The van der Waals surface area contributed by atoms with Crippen molar-refractivity contribution in [2.45, 2.75) is 6.54 Å². The Morgan fingerprint density at radius 3 is 2.69 bits per heavy atom. The fourth-order valence-electron chi connectivity index (χ4n) is 2.83. The average molecular weight is 349 g/mol. The largest absolute Gasteiger partial charge is 0.496 e. The van der Waals surface area contributed by atoms with Crippen molar-refractivity contribution >= 4 is 11.0 Å². The molecule has 7 heteroatoms. The molecular weight excluding hydrogens is 333 g/mol. The van der Waals surface area contributed by atoms with E-state index in [1.807, 2.05) is 24.3 Å². The minimum absolute atomic E-state index is 0.225. The Labute approximate surface area is 148 Å². The molecule has 4 rings (SSSR count). The molecule has 0 saturated heterocycles. The maximum atomic E-state index is 14.4. The third-order valence-corrected chi connectivity index (χ3v) is 4.18. The van der Waals surface area contributed by atoms with Gasteiger partial charge in [0.1, 0.15) is 28.3 Å². The maximum Gasteiger partial charge on any atom is 0.166 e. The lowest BCUT2D eigenvalue weighted by molar-refractivity contribution is 0.413. The topological polar surface area (TPSA) is 89.7 Å². The lowest BCUT2D eigenvalue weighted by Gasteiger charge is -2.08. The molecule has 0 radical (unpaired) electrons. The number of aromatic amines is 1. The second kappa shape index (κ2) is 6.53. The van der Waals surface area contributed by atoms with E-state index in [4.69, 9.17) is 10.5 Å². The Morgan fingerprint density at radius 2 is 1.96 bits per heavy atom. The molecule has 130 valence electrons. The summed E-state index contributed by atoms with van der Waals surface area (Å²) >= 11 is 0. The molecule has 0 amide bonds.